The fraction of sp³-hybridized carbons (Fsp3) is 0.294. The van der Waals surface area contributed by atoms with E-state index in [1.54, 1.807) is 7.11 Å². The molecule has 2 rings (SSSR count). The van der Waals surface area contributed by atoms with Crippen LogP contribution in [0.2, 0.25) is 0 Å². The van der Waals surface area contributed by atoms with Gasteiger partial charge in [-0.15, -0.1) is 0 Å². The maximum atomic E-state index is 8.87. The highest BCUT2D eigenvalue weighted by Gasteiger charge is 1.98. The van der Waals surface area contributed by atoms with Crippen molar-refractivity contribution in [2.75, 3.05) is 13.7 Å². The standard InChI is InChI=1S/C17H20O2/c1-19-17-10-8-15(9-11-17)3-2-14-4-6-16(7-5-14)12-13-18/h4-11,18H,2-3,12-13H2,1H3. The normalized spacial score (nSPS) is 10.4. The molecular formula is C17H20O2. The van der Waals surface area contributed by atoms with Crippen molar-refractivity contribution >= 4 is 0 Å². The van der Waals surface area contributed by atoms with Gasteiger partial charge in [0.05, 0.1) is 7.11 Å². The van der Waals surface area contributed by atoms with Gasteiger partial charge in [-0.1, -0.05) is 36.4 Å². The molecule has 2 aromatic carbocycles. The largest absolute Gasteiger partial charge is 0.497 e. The van der Waals surface area contributed by atoms with Crippen molar-refractivity contribution in [2.45, 2.75) is 19.3 Å². The SMILES string of the molecule is COc1ccc(CCc2ccc(CCO)cc2)cc1. The third kappa shape index (κ3) is 4.11. The topological polar surface area (TPSA) is 29.5 Å². The van der Waals surface area contributed by atoms with Gasteiger partial charge in [0.2, 0.25) is 0 Å². The van der Waals surface area contributed by atoms with Gasteiger partial charge in [-0.05, 0) is 48.1 Å². The van der Waals surface area contributed by atoms with Gasteiger partial charge in [0.15, 0.2) is 0 Å². The predicted octanol–water partition coefficient (Wildman–Crippen LogP) is 3.02. The predicted molar refractivity (Wildman–Crippen MR) is 77.6 cm³/mol. The van der Waals surface area contributed by atoms with Crippen molar-refractivity contribution < 1.29 is 9.84 Å². The summed E-state index contributed by atoms with van der Waals surface area (Å²) >= 11 is 0. The number of ether oxygens (including phenoxy) is 1. The van der Waals surface area contributed by atoms with Gasteiger partial charge >= 0.3 is 0 Å². The number of benzene rings is 2. The van der Waals surface area contributed by atoms with Crippen LogP contribution in [0.4, 0.5) is 0 Å². The van der Waals surface area contributed by atoms with Crippen LogP contribution in [0.5, 0.6) is 5.75 Å². The third-order valence-electron chi connectivity index (χ3n) is 3.28. The first-order valence-electron chi connectivity index (χ1n) is 6.63. The first-order chi connectivity index (χ1) is 9.31. The molecule has 0 aliphatic carbocycles. The van der Waals surface area contributed by atoms with Crippen LogP contribution in [-0.2, 0) is 19.3 Å². The molecule has 0 fully saturated rings. The summed E-state index contributed by atoms with van der Waals surface area (Å²) < 4.78 is 5.15. The summed E-state index contributed by atoms with van der Waals surface area (Å²) in [5.41, 5.74) is 3.84. The van der Waals surface area contributed by atoms with E-state index in [0.717, 1.165) is 25.0 Å². The molecule has 2 heteroatoms. The molecular weight excluding hydrogens is 236 g/mol. The van der Waals surface area contributed by atoms with E-state index in [0.29, 0.717) is 0 Å². The van der Waals surface area contributed by atoms with Gasteiger partial charge < -0.3 is 9.84 Å². The van der Waals surface area contributed by atoms with Gasteiger partial charge in [-0.25, -0.2) is 0 Å². The monoisotopic (exact) mass is 256 g/mol. The zero-order chi connectivity index (χ0) is 13.5. The van der Waals surface area contributed by atoms with Crippen molar-refractivity contribution in [2.24, 2.45) is 0 Å². The van der Waals surface area contributed by atoms with E-state index in [-0.39, 0.29) is 6.61 Å². The number of hydrogen-bond donors (Lipinski definition) is 1. The number of hydrogen-bond acceptors (Lipinski definition) is 2. The van der Waals surface area contributed by atoms with Crippen molar-refractivity contribution in [1.82, 2.24) is 0 Å². The second kappa shape index (κ2) is 6.95. The van der Waals surface area contributed by atoms with Gasteiger partial charge in [0.25, 0.3) is 0 Å². The summed E-state index contributed by atoms with van der Waals surface area (Å²) in [7, 11) is 1.68. The zero-order valence-corrected chi connectivity index (χ0v) is 11.3. The second-order valence-electron chi connectivity index (χ2n) is 4.64. The van der Waals surface area contributed by atoms with Crippen molar-refractivity contribution in [1.29, 1.82) is 0 Å². The Kier molecular flexibility index (Phi) is 4.99. The summed E-state index contributed by atoms with van der Waals surface area (Å²) in [5, 5.41) is 8.87. The number of aliphatic hydroxyl groups excluding tert-OH is 1. The molecule has 2 nitrogen and oxygen atoms in total. The lowest BCUT2D eigenvalue weighted by molar-refractivity contribution is 0.299. The molecule has 19 heavy (non-hydrogen) atoms. The average Bonchev–Trinajstić information content (AvgIpc) is 2.47. The average molecular weight is 256 g/mol. The molecule has 100 valence electrons. The summed E-state index contributed by atoms with van der Waals surface area (Å²) in [4.78, 5) is 0. The van der Waals surface area contributed by atoms with Crippen LogP contribution in [-0.4, -0.2) is 18.8 Å². The zero-order valence-electron chi connectivity index (χ0n) is 11.3. The third-order valence-corrected chi connectivity index (χ3v) is 3.28. The maximum absolute atomic E-state index is 8.87. The van der Waals surface area contributed by atoms with Crippen molar-refractivity contribution in [3.63, 3.8) is 0 Å². The van der Waals surface area contributed by atoms with Crippen LogP contribution >= 0.6 is 0 Å². The molecule has 0 aliphatic heterocycles. The van der Waals surface area contributed by atoms with E-state index in [1.807, 2.05) is 12.1 Å². The number of methoxy groups -OCH3 is 1. The van der Waals surface area contributed by atoms with E-state index >= 15 is 0 Å². The van der Waals surface area contributed by atoms with E-state index in [2.05, 4.69) is 36.4 Å². The van der Waals surface area contributed by atoms with Crippen LogP contribution in [0.25, 0.3) is 0 Å². The Hall–Kier alpha value is -1.80. The molecule has 2 aromatic rings. The minimum absolute atomic E-state index is 0.213. The Labute approximate surface area is 114 Å². The first-order valence-corrected chi connectivity index (χ1v) is 6.63. The summed E-state index contributed by atoms with van der Waals surface area (Å²) in [6, 6.07) is 16.7. The lowest BCUT2D eigenvalue weighted by Gasteiger charge is -2.05. The van der Waals surface area contributed by atoms with Crippen LogP contribution in [0, 0.1) is 0 Å². The molecule has 0 aliphatic rings. The minimum atomic E-state index is 0.213. The molecule has 0 heterocycles. The molecule has 1 N–H and O–H groups in total. The summed E-state index contributed by atoms with van der Waals surface area (Å²) in [6.45, 7) is 0.213. The number of aliphatic hydroxyl groups is 1. The quantitative estimate of drug-likeness (QED) is 0.861. The first kappa shape index (κ1) is 13.6. The highest BCUT2D eigenvalue weighted by Crippen LogP contribution is 2.14. The van der Waals surface area contributed by atoms with E-state index in [9.17, 15) is 0 Å². The van der Waals surface area contributed by atoms with E-state index in [1.165, 1.54) is 16.7 Å². The molecule has 0 atom stereocenters. The maximum Gasteiger partial charge on any atom is 0.118 e. The fourth-order valence-corrected chi connectivity index (χ4v) is 2.08. The summed E-state index contributed by atoms with van der Waals surface area (Å²) in [5.74, 6) is 0.900. The smallest absolute Gasteiger partial charge is 0.118 e. The van der Waals surface area contributed by atoms with Crippen molar-refractivity contribution in [3.8, 4) is 5.75 Å². The van der Waals surface area contributed by atoms with Crippen molar-refractivity contribution in [3.05, 3.63) is 65.2 Å². The van der Waals surface area contributed by atoms with Gasteiger partial charge in [-0.2, -0.15) is 0 Å². The van der Waals surface area contributed by atoms with Crippen LogP contribution in [0.15, 0.2) is 48.5 Å². The summed E-state index contributed by atoms with van der Waals surface area (Å²) in [6.07, 6.45) is 2.80. The lowest BCUT2D eigenvalue weighted by atomic mass is 10.0. The highest BCUT2D eigenvalue weighted by molar-refractivity contribution is 5.29. The van der Waals surface area contributed by atoms with Gasteiger partial charge in [0, 0.05) is 6.61 Å². The second-order valence-corrected chi connectivity index (χ2v) is 4.64. The number of aryl methyl sites for hydroxylation is 2. The Morgan fingerprint density at radius 1 is 0.737 bits per heavy atom. The molecule has 0 saturated carbocycles. The van der Waals surface area contributed by atoms with Gasteiger partial charge in [-0.3, -0.25) is 0 Å². The van der Waals surface area contributed by atoms with E-state index in [4.69, 9.17) is 9.84 Å². The number of rotatable bonds is 6. The van der Waals surface area contributed by atoms with Crippen LogP contribution in [0.1, 0.15) is 16.7 Å². The minimum Gasteiger partial charge on any atom is -0.497 e. The van der Waals surface area contributed by atoms with Gasteiger partial charge in [0.1, 0.15) is 5.75 Å². The Morgan fingerprint density at radius 3 is 1.58 bits per heavy atom. The lowest BCUT2D eigenvalue weighted by Crippen LogP contribution is -1.94. The fourth-order valence-electron chi connectivity index (χ4n) is 2.08. The molecule has 0 radical (unpaired) electrons. The Balaban J connectivity index is 1.90. The molecule has 0 bridgehead atoms. The van der Waals surface area contributed by atoms with E-state index < -0.39 is 0 Å². The van der Waals surface area contributed by atoms with Crippen LogP contribution < -0.4 is 4.74 Å². The Morgan fingerprint density at radius 2 is 1.16 bits per heavy atom. The molecule has 0 amide bonds. The molecule has 0 aromatic heterocycles. The van der Waals surface area contributed by atoms with Crippen LogP contribution in [0.3, 0.4) is 0 Å². The molecule has 0 spiro atoms. The molecule has 0 saturated heterocycles. The molecule has 0 unspecified atom stereocenters. The Bertz CT molecular complexity index is 486. The highest BCUT2D eigenvalue weighted by atomic mass is 16.5.